The zero-order chi connectivity index (χ0) is 20.0. The Morgan fingerprint density at radius 1 is 0.967 bits per heavy atom. The molecule has 30 heavy (non-hydrogen) atoms. The minimum absolute atomic E-state index is 0. The second-order valence-electron chi connectivity index (χ2n) is 10.1. The molecule has 1 aromatic carbocycles. The topological polar surface area (TPSA) is 26.3 Å². The van der Waals surface area contributed by atoms with Crippen molar-refractivity contribution in [3.8, 4) is 0 Å². The largest absolute Gasteiger partial charge is 1.00 e. The van der Waals surface area contributed by atoms with Crippen molar-refractivity contribution >= 4 is 11.5 Å². The summed E-state index contributed by atoms with van der Waals surface area (Å²) in [5.41, 5.74) is 2.37. The molecule has 0 aromatic heterocycles. The number of carbonyl (C=O) groups excluding carboxylic acids is 1. The average molecular weight is 474 g/mol. The van der Waals surface area contributed by atoms with Gasteiger partial charge in [0.1, 0.15) is 6.10 Å². The van der Waals surface area contributed by atoms with Crippen LogP contribution in [0.1, 0.15) is 77.2 Å². The molecule has 0 spiro atoms. The molecule has 2 bridgehead atoms. The van der Waals surface area contributed by atoms with Crippen molar-refractivity contribution in [2.45, 2.75) is 102 Å². The lowest BCUT2D eigenvalue weighted by molar-refractivity contribution is -0.994. The minimum atomic E-state index is -0.0847. The molecule has 2 aliphatic carbocycles. The van der Waals surface area contributed by atoms with Gasteiger partial charge >= 0.3 is 5.97 Å². The van der Waals surface area contributed by atoms with Crippen LogP contribution in [-0.4, -0.2) is 40.7 Å². The summed E-state index contributed by atoms with van der Waals surface area (Å²) in [7, 11) is 0. The number of rotatable bonds is 5. The first-order valence-corrected chi connectivity index (χ1v) is 11.9. The first kappa shape index (κ1) is 22.1. The third kappa shape index (κ3) is 3.68. The van der Waals surface area contributed by atoms with Crippen LogP contribution in [0.2, 0.25) is 0 Å². The number of hydrogen-bond donors (Lipinski definition) is 0. The summed E-state index contributed by atoms with van der Waals surface area (Å²) in [6, 6.07) is 13.4. The predicted octanol–water partition coefficient (Wildman–Crippen LogP) is 2.50. The molecule has 4 heteroatoms. The lowest BCUT2D eigenvalue weighted by Crippen LogP contribution is -3.00. The smallest absolute Gasteiger partial charge is 0.313 e. The number of fused-ring (bicyclic) bond motifs is 2. The molecule has 3 fully saturated rings. The quantitative estimate of drug-likeness (QED) is 0.485. The van der Waals surface area contributed by atoms with E-state index < -0.39 is 0 Å². The number of ether oxygens (including phenoxy) is 1. The first-order chi connectivity index (χ1) is 14.1. The molecule has 164 valence electrons. The standard InChI is InChI=1S/C26H36NO2.BrH/c1-18(2)27(20-12-13-20)21-14-15-22(27)17-23(16-21)29-26(28)25-11-7-6-10-24(25)19-8-4-3-5-9-19;/h3-5,8-10,18,20-23,25H,6-7,11-17H2,1-2H3;1H/q+1;/p-1. The van der Waals surface area contributed by atoms with E-state index in [9.17, 15) is 4.79 Å². The van der Waals surface area contributed by atoms with E-state index in [2.05, 4.69) is 44.2 Å². The maximum Gasteiger partial charge on any atom is 0.313 e. The molecule has 2 aliphatic heterocycles. The van der Waals surface area contributed by atoms with Crippen LogP contribution in [0, 0.1) is 5.92 Å². The maximum atomic E-state index is 13.3. The number of halogens is 1. The molecule has 3 unspecified atom stereocenters. The second kappa shape index (κ2) is 8.78. The molecule has 2 heterocycles. The van der Waals surface area contributed by atoms with E-state index in [0.29, 0.717) is 18.1 Å². The van der Waals surface area contributed by atoms with Gasteiger partial charge in [-0.25, -0.2) is 0 Å². The fourth-order valence-electron chi connectivity index (χ4n) is 7.23. The predicted molar refractivity (Wildman–Crippen MR) is 116 cm³/mol. The number of benzene rings is 1. The van der Waals surface area contributed by atoms with Crippen molar-refractivity contribution in [3.05, 3.63) is 42.0 Å². The second-order valence-corrected chi connectivity index (χ2v) is 10.1. The van der Waals surface area contributed by atoms with E-state index in [1.165, 1.54) is 41.3 Å². The van der Waals surface area contributed by atoms with Crippen LogP contribution < -0.4 is 17.0 Å². The van der Waals surface area contributed by atoms with Crippen LogP contribution in [0.5, 0.6) is 0 Å². The van der Waals surface area contributed by atoms with E-state index >= 15 is 0 Å². The fraction of sp³-hybridized carbons (Fsp3) is 0.654. The molecule has 4 aliphatic rings. The Kier molecular flexibility index (Phi) is 6.46. The van der Waals surface area contributed by atoms with Gasteiger partial charge in [0.15, 0.2) is 0 Å². The van der Waals surface area contributed by atoms with E-state index in [0.717, 1.165) is 38.1 Å². The number of carbonyl (C=O) groups is 1. The zero-order valence-corrected chi connectivity index (χ0v) is 20.0. The van der Waals surface area contributed by atoms with Crippen molar-refractivity contribution < 1.29 is 31.0 Å². The maximum absolute atomic E-state index is 13.3. The molecule has 0 radical (unpaired) electrons. The Morgan fingerprint density at radius 2 is 1.60 bits per heavy atom. The van der Waals surface area contributed by atoms with E-state index in [1.807, 2.05) is 6.07 Å². The Balaban J connectivity index is 0.00000218. The van der Waals surface area contributed by atoms with Crippen LogP contribution >= 0.6 is 0 Å². The number of esters is 1. The van der Waals surface area contributed by atoms with Gasteiger partial charge < -0.3 is 26.2 Å². The third-order valence-electron chi connectivity index (χ3n) is 8.35. The third-order valence-corrected chi connectivity index (χ3v) is 8.35. The Bertz CT molecular complexity index is 767. The summed E-state index contributed by atoms with van der Waals surface area (Å²) in [5, 5.41) is 0. The summed E-state index contributed by atoms with van der Waals surface area (Å²) in [4.78, 5) is 13.3. The van der Waals surface area contributed by atoms with Gasteiger partial charge in [-0.1, -0.05) is 36.4 Å². The van der Waals surface area contributed by atoms with Gasteiger partial charge in [-0.3, -0.25) is 4.79 Å². The van der Waals surface area contributed by atoms with Crippen molar-refractivity contribution in [2.75, 3.05) is 0 Å². The Hall–Kier alpha value is -1.13. The Labute approximate surface area is 192 Å². The summed E-state index contributed by atoms with van der Waals surface area (Å²) in [6.07, 6.45) is 13.1. The highest BCUT2D eigenvalue weighted by atomic mass is 79.9. The van der Waals surface area contributed by atoms with Crippen LogP contribution in [0.3, 0.4) is 0 Å². The van der Waals surface area contributed by atoms with Gasteiger partial charge in [-0.05, 0) is 44.2 Å². The molecule has 0 amide bonds. The summed E-state index contributed by atoms with van der Waals surface area (Å²) >= 11 is 0. The van der Waals surface area contributed by atoms with Gasteiger partial charge in [0.25, 0.3) is 0 Å². The SMILES string of the molecule is CC(C)[N+]1(C2CC2)C2CCC1CC(OC(=O)C1CCCC=C1c1ccccc1)C2.[Br-]. The van der Waals surface area contributed by atoms with Crippen molar-refractivity contribution in [1.82, 2.24) is 0 Å². The zero-order valence-electron chi connectivity index (χ0n) is 18.4. The number of quaternary nitrogens is 1. The molecule has 2 saturated heterocycles. The lowest BCUT2D eigenvalue weighted by Gasteiger charge is -2.53. The molecular weight excluding hydrogens is 438 g/mol. The minimum Gasteiger partial charge on any atom is -1.00 e. The summed E-state index contributed by atoms with van der Waals surface area (Å²) in [5.74, 6) is -0.0568. The van der Waals surface area contributed by atoms with Crippen LogP contribution in [0.15, 0.2) is 36.4 Å². The van der Waals surface area contributed by atoms with Gasteiger partial charge in [-0.15, -0.1) is 0 Å². The normalized spacial score (nSPS) is 35.5. The molecule has 5 rings (SSSR count). The highest BCUT2D eigenvalue weighted by Crippen LogP contribution is 2.53. The molecule has 0 N–H and O–H groups in total. The number of allylic oxidation sites excluding steroid dienone is 1. The highest BCUT2D eigenvalue weighted by Gasteiger charge is 2.62. The first-order valence-electron chi connectivity index (χ1n) is 11.9. The van der Waals surface area contributed by atoms with Crippen LogP contribution in [0.4, 0.5) is 0 Å². The van der Waals surface area contributed by atoms with Crippen molar-refractivity contribution in [1.29, 1.82) is 0 Å². The number of hydrogen-bond acceptors (Lipinski definition) is 2. The summed E-state index contributed by atoms with van der Waals surface area (Å²) < 4.78 is 7.59. The van der Waals surface area contributed by atoms with Gasteiger partial charge in [0, 0.05) is 38.5 Å². The van der Waals surface area contributed by atoms with Gasteiger partial charge in [0.2, 0.25) is 0 Å². The van der Waals surface area contributed by atoms with Crippen molar-refractivity contribution in [3.63, 3.8) is 0 Å². The molecule has 3 nitrogen and oxygen atoms in total. The molecule has 3 atom stereocenters. The lowest BCUT2D eigenvalue weighted by atomic mass is 9.83. The van der Waals surface area contributed by atoms with Gasteiger partial charge in [0.05, 0.1) is 30.1 Å². The fourth-order valence-corrected chi connectivity index (χ4v) is 7.23. The molecule has 1 saturated carbocycles. The van der Waals surface area contributed by atoms with Gasteiger partial charge in [-0.2, -0.15) is 0 Å². The summed E-state index contributed by atoms with van der Waals surface area (Å²) in [6.45, 7) is 4.85. The Morgan fingerprint density at radius 3 is 2.20 bits per heavy atom. The van der Waals surface area contributed by atoms with Crippen molar-refractivity contribution in [2.24, 2.45) is 5.92 Å². The molecule has 1 aromatic rings. The molecular formula is C26H36BrNO2. The monoisotopic (exact) mass is 473 g/mol. The highest BCUT2D eigenvalue weighted by molar-refractivity contribution is 5.89. The van der Waals surface area contributed by atoms with E-state index in [4.69, 9.17) is 4.74 Å². The van der Waals surface area contributed by atoms with Crippen LogP contribution in [-0.2, 0) is 9.53 Å². The van der Waals surface area contributed by atoms with E-state index in [-0.39, 0.29) is 35.0 Å². The number of nitrogens with zero attached hydrogens (tertiary/aromatic N) is 1. The van der Waals surface area contributed by atoms with Crippen LogP contribution in [0.25, 0.3) is 5.57 Å². The number of piperidine rings is 1. The average Bonchev–Trinajstić information content (AvgIpc) is 3.55. The van der Waals surface area contributed by atoms with E-state index in [1.54, 1.807) is 0 Å².